The third-order valence-corrected chi connectivity index (χ3v) is 20.7. The summed E-state index contributed by atoms with van der Waals surface area (Å²) in [6.45, 7) is 0. The van der Waals surface area contributed by atoms with Crippen LogP contribution >= 0.6 is 20.1 Å². The molecule has 0 bridgehead atoms. The molecule has 69 heavy (non-hydrogen) atoms. The summed E-state index contributed by atoms with van der Waals surface area (Å²) in [6.07, 6.45) is 0. The van der Waals surface area contributed by atoms with Crippen LogP contribution in [0.25, 0.3) is 50.5 Å². The largest absolute Gasteiger partial charge is 0.278 e. The molecule has 12 aromatic rings. The van der Waals surface area contributed by atoms with Crippen LogP contribution in [-0.2, 0) is 0 Å². The Morgan fingerprint density at radius 1 is 0.246 bits per heavy atom. The first-order valence-corrected chi connectivity index (χ1v) is 26.4. The summed E-state index contributed by atoms with van der Waals surface area (Å²) in [4.78, 5) is 26.3. The van der Waals surface area contributed by atoms with Crippen molar-refractivity contribution in [2.45, 2.75) is 39.2 Å². The summed E-state index contributed by atoms with van der Waals surface area (Å²) in [5.74, 6) is 1.75. The molecule has 330 valence electrons. The molecule has 2 heterocycles. The van der Waals surface area contributed by atoms with E-state index in [1.165, 1.54) is 39.2 Å². The zero-order valence-corrected chi connectivity index (χ0v) is 39.3. The summed E-state index contributed by atoms with van der Waals surface area (Å²) in [7, 11) is -3.98. The summed E-state index contributed by atoms with van der Waals surface area (Å²) in [5.41, 5.74) is 3.88. The van der Waals surface area contributed by atoms with Gasteiger partial charge in [0.15, 0.2) is 11.6 Å². The van der Waals surface area contributed by atoms with E-state index in [-0.39, 0.29) is 0 Å². The quantitative estimate of drug-likeness (QED) is 0.130. The van der Waals surface area contributed by atoms with Gasteiger partial charge >= 0.3 is 0 Å². The first-order chi connectivity index (χ1) is 34.2. The van der Waals surface area contributed by atoms with Gasteiger partial charge in [-0.1, -0.05) is 170 Å². The summed E-state index contributed by atoms with van der Waals surface area (Å²) >= 11 is 0. The van der Waals surface area contributed by atoms with E-state index in [0.717, 1.165) is 32.9 Å². The molecule has 0 saturated carbocycles. The smallest absolute Gasteiger partial charge is 0.238 e. The van der Waals surface area contributed by atoms with Gasteiger partial charge < -0.3 is 0 Å². The highest BCUT2D eigenvalue weighted by atomic mass is 32.3. The highest BCUT2D eigenvalue weighted by molar-refractivity contribution is 8.34. The van der Waals surface area contributed by atoms with Crippen LogP contribution in [0.1, 0.15) is 0 Å². The van der Waals surface area contributed by atoms with Gasteiger partial charge in [0.2, 0.25) is 5.95 Å². The normalized spacial score (nSPS) is 12.2. The highest BCUT2D eigenvalue weighted by Gasteiger charge is 2.35. The average Bonchev–Trinajstić information content (AvgIpc) is 3.78. The van der Waals surface area contributed by atoms with Crippen molar-refractivity contribution in [2.24, 2.45) is 0 Å². The number of para-hydroxylation sites is 2. The summed E-state index contributed by atoms with van der Waals surface area (Å²) < 4.78 is 2.20. The molecule has 0 fully saturated rings. The van der Waals surface area contributed by atoms with Crippen LogP contribution < -0.4 is 0 Å². The molecule has 0 aliphatic carbocycles. The molecular formula is C63H46N4S2. The number of aromatic nitrogens is 4. The van der Waals surface area contributed by atoms with E-state index in [9.17, 15) is 0 Å². The molecule has 0 aliphatic heterocycles. The summed E-state index contributed by atoms with van der Waals surface area (Å²) in [6, 6.07) is 101. The van der Waals surface area contributed by atoms with E-state index < -0.39 is 20.1 Å². The molecule has 6 heteroatoms. The van der Waals surface area contributed by atoms with Crippen LogP contribution in [0, 0.1) is 0 Å². The maximum absolute atomic E-state index is 5.51. The minimum absolute atomic E-state index is 0.559. The van der Waals surface area contributed by atoms with Crippen LogP contribution in [0.5, 0.6) is 0 Å². The maximum Gasteiger partial charge on any atom is 0.238 e. The first kappa shape index (κ1) is 42.1. The van der Waals surface area contributed by atoms with Crippen molar-refractivity contribution in [2.75, 3.05) is 0 Å². The lowest BCUT2D eigenvalue weighted by molar-refractivity contribution is 0.952. The second-order valence-electron chi connectivity index (χ2n) is 16.8. The van der Waals surface area contributed by atoms with Crippen molar-refractivity contribution in [3.05, 3.63) is 279 Å². The van der Waals surface area contributed by atoms with Gasteiger partial charge in [0.05, 0.1) is 11.0 Å². The molecule has 0 radical (unpaired) electrons. The van der Waals surface area contributed by atoms with Gasteiger partial charge in [-0.25, -0.2) is 4.98 Å². The SMILES string of the molecule is c1ccc(S(c2ccccc2)(c2ccccc2)c2cccc(-c3nc(-c4cccc(S(c5ccccc5)(c5ccccc5)c5ccccc5)c4)nc(-n4c5ccccc5c5ccccc54)n3)c2)cc1. The number of benzene rings is 10. The standard InChI is InChI=1S/C63H46N4S2/c1-7-27-49(28-8-1)68(50-29-9-2-10-30-50,51-31-11-3-12-32-51)55-39-23-25-47(45-55)61-64-62(66-63(65-61)67-59-43-21-19-41-57(59)58-42-20-22-44-60(58)67)48-26-24-40-56(46-48)69(52-33-13-4-14-34-52,53-35-15-5-16-36-53)54-37-17-6-18-38-54/h1-46H. The van der Waals surface area contributed by atoms with Crippen molar-refractivity contribution in [3.63, 3.8) is 0 Å². The third-order valence-electron chi connectivity index (χ3n) is 12.9. The Bertz CT molecular complexity index is 3280. The summed E-state index contributed by atoms with van der Waals surface area (Å²) in [5, 5.41) is 2.29. The molecule has 10 aromatic carbocycles. The van der Waals surface area contributed by atoms with E-state index >= 15 is 0 Å². The van der Waals surface area contributed by atoms with E-state index in [1.807, 2.05) is 0 Å². The molecule has 2 aromatic heterocycles. The highest BCUT2D eigenvalue weighted by Crippen LogP contribution is 2.74. The predicted octanol–water partition coefficient (Wildman–Crippen LogP) is 17.0. The Balaban J connectivity index is 1.13. The van der Waals surface area contributed by atoms with Crippen molar-refractivity contribution < 1.29 is 0 Å². The lowest BCUT2D eigenvalue weighted by Crippen LogP contribution is -2.08. The van der Waals surface area contributed by atoms with E-state index in [1.54, 1.807) is 0 Å². The fourth-order valence-electron chi connectivity index (χ4n) is 9.89. The molecule has 4 nitrogen and oxygen atoms in total. The molecule has 0 spiro atoms. The predicted molar refractivity (Wildman–Crippen MR) is 285 cm³/mol. The number of hydrogen-bond donors (Lipinski definition) is 0. The topological polar surface area (TPSA) is 43.6 Å². The number of hydrogen-bond acceptors (Lipinski definition) is 3. The minimum Gasteiger partial charge on any atom is -0.278 e. The second-order valence-corrected chi connectivity index (χ2v) is 23.0. The van der Waals surface area contributed by atoms with E-state index in [4.69, 9.17) is 15.0 Å². The lowest BCUT2D eigenvalue weighted by atomic mass is 10.2. The second kappa shape index (κ2) is 18.1. The van der Waals surface area contributed by atoms with Crippen molar-refractivity contribution in [3.8, 4) is 28.7 Å². The van der Waals surface area contributed by atoms with E-state index in [0.29, 0.717) is 17.6 Å². The molecule has 12 rings (SSSR count). The van der Waals surface area contributed by atoms with Crippen LogP contribution in [-0.4, -0.2) is 19.5 Å². The van der Waals surface area contributed by atoms with Gasteiger partial charge in [0, 0.05) is 61.1 Å². The molecular weight excluding hydrogens is 877 g/mol. The van der Waals surface area contributed by atoms with E-state index in [2.05, 4.69) is 284 Å². The average molecular weight is 923 g/mol. The van der Waals surface area contributed by atoms with Gasteiger partial charge in [0.25, 0.3) is 0 Å². The number of fused-ring (bicyclic) bond motifs is 3. The molecule has 0 N–H and O–H groups in total. The Hall–Kier alpha value is -8.29. The zero-order chi connectivity index (χ0) is 46.0. The van der Waals surface area contributed by atoms with Gasteiger partial charge in [-0.3, -0.25) is 4.57 Å². The fourth-order valence-corrected chi connectivity index (χ4v) is 17.7. The number of nitrogens with zero attached hydrogens (tertiary/aromatic N) is 4. The lowest BCUT2D eigenvalue weighted by Gasteiger charge is -2.42. The number of rotatable bonds is 11. The zero-order valence-electron chi connectivity index (χ0n) is 37.7. The van der Waals surface area contributed by atoms with Crippen LogP contribution in [0.15, 0.2) is 318 Å². The van der Waals surface area contributed by atoms with Crippen molar-refractivity contribution >= 4 is 41.9 Å². The monoisotopic (exact) mass is 922 g/mol. The van der Waals surface area contributed by atoms with Gasteiger partial charge in [0.1, 0.15) is 0 Å². The Kier molecular flexibility index (Phi) is 11.0. The minimum atomic E-state index is -1.99. The Morgan fingerprint density at radius 2 is 0.522 bits per heavy atom. The fraction of sp³-hybridized carbons (Fsp3) is 0. The molecule has 0 amide bonds. The third kappa shape index (κ3) is 7.24. The van der Waals surface area contributed by atoms with Crippen molar-refractivity contribution in [1.82, 2.24) is 19.5 Å². The Morgan fingerprint density at radius 3 is 0.841 bits per heavy atom. The van der Waals surface area contributed by atoms with Crippen molar-refractivity contribution in [1.29, 1.82) is 0 Å². The molecule has 0 unspecified atom stereocenters. The molecule has 0 saturated heterocycles. The van der Waals surface area contributed by atoms with Crippen LogP contribution in [0.3, 0.4) is 0 Å². The van der Waals surface area contributed by atoms with Crippen LogP contribution in [0.4, 0.5) is 0 Å². The van der Waals surface area contributed by atoms with Crippen LogP contribution in [0.2, 0.25) is 0 Å². The molecule has 0 aliphatic rings. The maximum atomic E-state index is 5.51. The first-order valence-electron chi connectivity index (χ1n) is 23.2. The van der Waals surface area contributed by atoms with Gasteiger partial charge in [-0.05, 0) is 109 Å². The van der Waals surface area contributed by atoms with Gasteiger partial charge in [-0.2, -0.15) is 9.97 Å². The Labute approximate surface area is 406 Å². The van der Waals surface area contributed by atoms with Gasteiger partial charge in [-0.15, -0.1) is 20.1 Å². The molecule has 0 atom stereocenters.